The molecular weight excluding hydrogens is 422 g/mol. The number of rotatable bonds is 6. The van der Waals surface area contributed by atoms with Gasteiger partial charge in [0.05, 0.1) is 30.3 Å². The van der Waals surface area contributed by atoms with Gasteiger partial charge < -0.3 is 9.30 Å². The topological polar surface area (TPSA) is 73.1 Å². The molecule has 2 aromatic heterocycles. The fourth-order valence-electron chi connectivity index (χ4n) is 6.79. The first kappa shape index (κ1) is 20.8. The summed E-state index contributed by atoms with van der Waals surface area (Å²) in [6.45, 7) is 7.61. The maximum atomic E-state index is 12.3. The lowest BCUT2D eigenvalue weighted by Gasteiger charge is -2.68. The number of carbonyl (C=O) groups is 1. The molecule has 7 nitrogen and oxygen atoms in total. The van der Waals surface area contributed by atoms with E-state index in [1.165, 1.54) is 52.9 Å². The molecule has 0 radical (unpaired) electrons. The zero-order valence-corrected chi connectivity index (χ0v) is 20.0. The summed E-state index contributed by atoms with van der Waals surface area (Å²) < 4.78 is 7.72. The molecule has 172 valence electrons. The van der Waals surface area contributed by atoms with Crippen LogP contribution in [0.15, 0.2) is 0 Å². The van der Waals surface area contributed by atoms with Gasteiger partial charge in [-0.05, 0) is 65.3 Å². The lowest BCUT2D eigenvalue weighted by molar-refractivity contribution is -0.201. The van der Waals surface area contributed by atoms with E-state index in [2.05, 4.69) is 26.6 Å². The van der Waals surface area contributed by atoms with Crippen LogP contribution in [-0.4, -0.2) is 43.8 Å². The summed E-state index contributed by atoms with van der Waals surface area (Å²) in [5.74, 6) is 2.35. The Hall–Kier alpha value is -1.80. The first-order chi connectivity index (χ1) is 15.5. The van der Waals surface area contributed by atoms with Crippen LogP contribution < -0.4 is 0 Å². The van der Waals surface area contributed by atoms with E-state index in [-0.39, 0.29) is 16.8 Å². The molecule has 0 spiro atoms. The summed E-state index contributed by atoms with van der Waals surface area (Å²) in [5, 5.41) is 10.4. The predicted molar refractivity (Wildman–Crippen MR) is 121 cm³/mol. The van der Waals surface area contributed by atoms with Gasteiger partial charge in [-0.3, -0.25) is 9.69 Å². The fraction of sp³-hybridized carbons (Fsp3) is 0.750. The average molecular weight is 456 g/mol. The Bertz CT molecular complexity index is 1020. The van der Waals surface area contributed by atoms with Crippen molar-refractivity contribution in [2.24, 2.45) is 5.41 Å². The molecule has 5 aliphatic rings. The molecule has 3 saturated carbocycles. The number of hydrogen-bond donors (Lipinski definition) is 0. The highest BCUT2D eigenvalue weighted by molar-refractivity contribution is 7.11. The number of ether oxygens (including phenoxy) is 1. The largest absolute Gasteiger partial charge is 0.466 e. The smallest absolute Gasteiger partial charge is 0.312 e. The number of fused-ring (bicyclic) bond motifs is 1. The average Bonchev–Trinajstić information content (AvgIpc) is 3.36. The van der Waals surface area contributed by atoms with Crippen molar-refractivity contribution in [3.8, 4) is 0 Å². The molecule has 32 heavy (non-hydrogen) atoms. The molecule has 3 aliphatic carbocycles. The molecule has 0 amide bonds. The number of thiazole rings is 1. The highest BCUT2D eigenvalue weighted by atomic mass is 32.1. The van der Waals surface area contributed by atoms with Crippen LogP contribution >= 0.6 is 11.3 Å². The van der Waals surface area contributed by atoms with Crippen molar-refractivity contribution in [2.45, 2.75) is 96.2 Å². The SMILES string of the molecule is CCOC(=O)C12CC(c3nc(CN4CCCC4c4nnc5n4CCCCC5)sc3C)(C1)C2. The monoisotopic (exact) mass is 455 g/mol. The molecule has 0 aromatic carbocycles. The van der Waals surface area contributed by atoms with Gasteiger partial charge in [0.1, 0.15) is 16.7 Å². The van der Waals surface area contributed by atoms with Gasteiger partial charge in [-0.15, -0.1) is 21.5 Å². The minimum Gasteiger partial charge on any atom is -0.466 e. The summed E-state index contributed by atoms with van der Waals surface area (Å²) >= 11 is 1.84. The van der Waals surface area contributed by atoms with Gasteiger partial charge in [-0.1, -0.05) is 6.42 Å². The molecule has 0 N–H and O–H groups in total. The number of hydrogen-bond acceptors (Lipinski definition) is 7. The van der Waals surface area contributed by atoms with Crippen molar-refractivity contribution in [3.05, 3.63) is 27.2 Å². The number of esters is 1. The summed E-state index contributed by atoms with van der Waals surface area (Å²) in [6.07, 6.45) is 9.92. The first-order valence-electron chi connectivity index (χ1n) is 12.3. The molecule has 1 saturated heterocycles. The van der Waals surface area contributed by atoms with Crippen LogP contribution in [0.1, 0.15) is 91.6 Å². The van der Waals surface area contributed by atoms with Crippen molar-refractivity contribution in [2.75, 3.05) is 13.2 Å². The molecule has 4 fully saturated rings. The summed E-state index contributed by atoms with van der Waals surface area (Å²) in [5.41, 5.74) is 1.16. The molecular formula is C24H33N5O2S. The maximum absolute atomic E-state index is 12.3. The lowest BCUT2D eigenvalue weighted by atomic mass is 9.34. The normalized spacial score (nSPS) is 31.5. The molecule has 8 heteroatoms. The van der Waals surface area contributed by atoms with Crippen molar-refractivity contribution in [3.63, 3.8) is 0 Å². The highest BCUT2D eigenvalue weighted by Gasteiger charge is 2.74. The quantitative estimate of drug-likeness (QED) is 0.611. The zero-order valence-electron chi connectivity index (χ0n) is 19.2. The van der Waals surface area contributed by atoms with E-state index in [4.69, 9.17) is 9.72 Å². The Labute approximate surface area is 193 Å². The van der Waals surface area contributed by atoms with Gasteiger partial charge in [0.2, 0.25) is 0 Å². The number of likely N-dealkylation sites (tertiary alicyclic amines) is 1. The fourth-order valence-corrected chi connectivity index (χ4v) is 7.87. The van der Waals surface area contributed by atoms with Crippen LogP contribution in [0.25, 0.3) is 0 Å². The minimum absolute atomic E-state index is 0.00216. The highest BCUT2D eigenvalue weighted by Crippen LogP contribution is 2.74. The van der Waals surface area contributed by atoms with Gasteiger partial charge in [0.25, 0.3) is 0 Å². The van der Waals surface area contributed by atoms with Crippen LogP contribution in [-0.2, 0) is 34.5 Å². The predicted octanol–water partition coefficient (Wildman–Crippen LogP) is 4.09. The molecule has 2 bridgehead atoms. The van der Waals surface area contributed by atoms with E-state index >= 15 is 0 Å². The number of aromatic nitrogens is 4. The third-order valence-corrected chi connectivity index (χ3v) is 9.18. The van der Waals surface area contributed by atoms with E-state index in [1.54, 1.807) is 0 Å². The number of nitrogens with zero attached hydrogens (tertiary/aromatic N) is 5. The number of aryl methyl sites for hydroxylation is 2. The van der Waals surface area contributed by atoms with Crippen molar-refractivity contribution < 1.29 is 9.53 Å². The van der Waals surface area contributed by atoms with E-state index in [0.29, 0.717) is 12.6 Å². The van der Waals surface area contributed by atoms with E-state index in [0.717, 1.165) is 51.7 Å². The van der Waals surface area contributed by atoms with Crippen molar-refractivity contribution in [1.82, 2.24) is 24.6 Å². The molecule has 7 rings (SSSR count). The van der Waals surface area contributed by atoms with E-state index in [1.807, 2.05) is 18.3 Å². The second-order valence-electron chi connectivity index (χ2n) is 10.4. The van der Waals surface area contributed by atoms with Gasteiger partial charge in [-0.25, -0.2) is 4.98 Å². The summed E-state index contributed by atoms with van der Waals surface area (Å²) in [6, 6.07) is 0.351. The van der Waals surface area contributed by atoms with Crippen LogP contribution in [0.3, 0.4) is 0 Å². The summed E-state index contributed by atoms with van der Waals surface area (Å²) in [4.78, 5) is 21.3. The Kier molecular flexibility index (Phi) is 4.95. The van der Waals surface area contributed by atoms with Crippen molar-refractivity contribution in [1.29, 1.82) is 0 Å². The van der Waals surface area contributed by atoms with E-state index < -0.39 is 0 Å². The Morgan fingerprint density at radius 2 is 2.00 bits per heavy atom. The van der Waals surface area contributed by atoms with Crippen LogP contribution in [0.5, 0.6) is 0 Å². The Morgan fingerprint density at radius 1 is 1.16 bits per heavy atom. The maximum Gasteiger partial charge on any atom is 0.312 e. The van der Waals surface area contributed by atoms with Crippen LogP contribution in [0, 0.1) is 12.3 Å². The number of carbonyl (C=O) groups excluding carboxylic acids is 1. The second kappa shape index (κ2) is 7.62. The summed E-state index contributed by atoms with van der Waals surface area (Å²) in [7, 11) is 0. The second-order valence-corrected chi connectivity index (χ2v) is 11.7. The zero-order chi connectivity index (χ0) is 21.9. The molecule has 1 atom stereocenters. The lowest BCUT2D eigenvalue weighted by Crippen LogP contribution is -2.68. The van der Waals surface area contributed by atoms with E-state index in [9.17, 15) is 4.79 Å². The standard InChI is InChI=1S/C24H33N5O2S/c1-3-31-22(30)24-13-23(14-24,15-24)20-16(2)32-19(25-20)12-28-10-7-8-17(28)21-27-26-18-9-5-4-6-11-29(18)21/h17H,3-15H2,1-2H3. The van der Waals surface area contributed by atoms with Gasteiger partial charge >= 0.3 is 5.97 Å². The third-order valence-electron chi connectivity index (χ3n) is 8.22. The molecule has 1 unspecified atom stereocenters. The van der Waals surface area contributed by atoms with Crippen LogP contribution in [0.4, 0.5) is 0 Å². The first-order valence-corrected chi connectivity index (χ1v) is 13.2. The van der Waals surface area contributed by atoms with Gasteiger partial charge in [-0.2, -0.15) is 0 Å². The van der Waals surface area contributed by atoms with Crippen molar-refractivity contribution >= 4 is 17.3 Å². The molecule has 4 heterocycles. The molecule has 2 aliphatic heterocycles. The third kappa shape index (κ3) is 3.09. The Balaban J connectivity index is 1.17. The van der Waals surface area contributed by atoms with Gasteiger partial charge in [0, 0.05) is 23.3 Å². The van der Waals surface area contributed by atoms with Gasteiger partial charge in [0.15, 0.2) is 0 Å². The minimum atomic E-state index is -0.211. The molecule has 2 aromatic rings. The Morgan fingerprint density at radius 3 is 2.81 bits per heavy atom. The van der Waals surface area contributed by atoms with Crippen LogP contribution in [0.2, 0.25) is 0 Å².